The van der Waals surface area contributed by atoms with Crippen LogP contribution in [0.3, 0.4) is 0 Å². The minimum absolute atomic E-state index is 0.00859. The fourth-order valence-electron chi connectivity index (χ4n) is 2.70. The molecule has 3 aromatic carbocycles. The van der Waals surface area contributed by atoms with Gasteiger partial charge in [-0.3, -0.25) is 9.52 Å². The van der Waals surface area contributed by atoms with E-state index in [0.717, 1.165) is 0 Å². The molecule has 0 aliphatic heterocycles. The van der Waals surface area contributed by atoms with E-state index in [1.807, 2.05) is 0 Å². The van der Waals surface area contributed by atoms with E-state index in [0.29, 0.717) is 11.1 Å². The fraction of sp³-hybridized carbons (Fsp3) is 0.0952. The molecule has 0 aliphatic carbocycles. The summed E-state index contributed by atoms with van der Waals surface area (Å²) >= 11 is 5.99. The third-order valence-corrected chi connectivity index (χ3v) is 5.95. The summed E-state index contributed by atoms with van der Waals surface area (Å²) in [6.07, 6.45) is 0. The number of carbonyl (C=O) groups is 1. The van der Waals surface area contributed by atoms with Crippen molar-refractivity contribution in [2.75, 3.05) is 11.8 Å². The van der Waals surface area contributed by atoms with Crippen molar-refractivity contribution in [1.82, 2.24) is 4.90 Å². The third kappa shape index (κ3) is 4.93. The minimum atomic E-state index is -3.86. The lowest BCUT2D eigenvalue weighted by Crippen LogP contribution is -2.26. The molecule has 150 valence electrons. The first kappa shape index (κ1) is 20.8. The summed E-state index contributed by atoms with van der Waals surface area (Å²) in [6.45, 7) is 0.0968. The van der Waals surface area contributed by atoms with E-state index in [-0.39, 0.29) is 33.9 Å². The molecule has 0 heterocycles. The Morgan fingerprint density at radius 3 is 2.28 bits per heavy atom. The van der Waals surface area contributed by atoms with E-state index >= 15 is 0 Å². The Kier molecular flexibility index (Phi) is 6.20. The van der Waals surface area contributed by atoms with Crippen LogP contribution in [-0.2, 0) is 16.6 Å². The predicted molar refractivity (Wildman–Crippen MR) is 111 cm³/mol. The quantitative estimate of drug-likeness (QED) is 0.621. The molecule has 0 radical (unpaired) electrons. The van der Waals surface area contributed by atoms with E-state index < -0.39 is 10.0 Å². The van der Waals surface area contributed by atoms with Gasteiger partial charge < -0.3 is 4.90 Å². The van der Waals surface area contributed by atoms with Gasteiger partial charge >= 0.3 is 0 Å². The van der Waals surface area contributed by atoms with Gasteiger partial charge in [-0.05, 0) is 42.5 Å². The normalized spacial score (nSPS) is 11.1. The number of benzene rings is 3. The van der Waals surface area contributed by atoms with Gasteiger partial charge in [0.2, 0.25) is 0 Å². The van der Waals surface area contributed by atoms with Crippen LogP contribution in [0.1, 0.15) is 15.9 Å². The first-order valence-corrected chi connectivity index (χ1v) is 10.5. The SMILES string of the molecule is CN(Cc1ccccc1F)C(=O)c1ccc(S(=O)(=O)Nc2ccccc2Cl)cc1. The van der Waals surface area contributed by atoms with Crippen LogP contribution < -0.4 is 4.72 Å². The fourth-order valence-corrected chi connectivity index (χ4v) is 4.02. The van der Waals surface area contributed by atoms with E-state index in [1.165, 1.54) is 35.2 Å². The van der Waals surface area contributed by atoms with Gasteiger partial charge in [0.15, 0.2) is 0 Å². The van der Waals surface area contributed by atoms with Crippen molar-refractivity contribution in [2.45, 2.75) is 11.4 Å². The molecular formula is C21H18ClFN2O3S. The van der Waals surface area contributed by atoms with Crippen LogP contribution in [0.5, 0.6) is 0 Å². The summed E-state index contributed by atoms with van der Waals surface area (Å²) in [5, 5.41) is 0.276. The number of anilines is 1. The summed E-state index contributed by atoms with van der Waals surface area (Å²) in [6, 6.07) is 18.2. The molecule has 0 spiro atoms. The molecule has 3 aromatic rings. The molecule has 0 aromatic heterocycles. The second-order valence-corrected chi connectivity index (χ2v) is 8.45. The molecule has 0 bridgehead atoms. The van der Waals surface area contributed by atoms with Crippen molar-refractivity contribution in [1.29, 1.82) is 0 Å². The Morgan fingerprint density at radius 1 is 1.00 bits per heavy atom. The molecule has 0 aliphatic rings. The van der Waals surface area contributed by atoms with Crippen LogP contribution in [0.25, 0.3) is 0 Å². The smallest absolute Gasteiger partial charge is 0.261 e. The van der Waals surface area contributed by atoms with Crippen LogP contribution in [0.2, 0.25) is 5.02 Å². The molecule has 0 fully saturated rings. The van der Waals surface area contributed by atoms with Gasteiger partial charge in [-0.15, -0.1) is 0 Å². The van der Waals surface area contributed by atoms with Crippen molar-refractivity contribution >= 4 is 33.2 Å². The zero-order chi connectivity index (χ0) is 21.0. The van der Waals surface area contributed by atoms with Crippen molar-refractivity contribution < 1.29 is 17.6 Å². The topological polar surface area (TPSA) is 66.5 Å². The van der Waals surface area contributed by atoms with Crippen LogP contribution in [0.15, 0.2) is 77.7 Å². The molecule has 0 saturated carbocycles. The van der Waals surface area contributed by atoms with E-state index in [9.17, 15) is 17.6 Å². The van der Waals surface area contributed by atoms with Crippen molar-refractivity contribution in [3.63, 3.8) is 0 Å². The number of sulfonamides is 1. The second kappa shape index (κ2) is 8.63. The summed E-state index contributed by atoms with van der Waals surface area (Å²) in [7, 11) is -2.31. The molecule has 29 heavy (non-hydrogen) atoms. The largest absolute Gasteiger partial charge is 0.337 e. The van der Waals surface area contributed by atoms with Crippen LogP contribution >= 0.6 is 11.6 Å². The number of halogens is 2. The predicted octanol–water partition coefficient (Wildman–Crippen LogP) is 4.55. The number of amides is 1. The van der Waals surface area contributed by atoms with Gasteiger partial charge in [0.05, 0.1) is 15.6 Å². The van der Waals surface area contributed by atoms with Crippen LogP contribution in [-0.4, -0.2) is 26.3 Å². The molecule has 0 atom stereocenters. The summed E-state index contributed by atoms with van der Waals surface area (Å²) in [4.78, 5) is 13.9. The lowest BCUT2D eigenvalue weighted by atomic mass is 10.1. The Hall–Kier alpha value is -2.90. The van der Waals surface area contributed by atoms with Gasteiger partial charge in [-0.25, -0.2) is 12.8 Å². The third-order valence-electron chi connectivity index (χ3n) is 4.24. The minimum Gasteiger partial charge on any atom is -0.337 e. The standard InChI is InChI=1S/C21H18ClFN2O3S/c1-25(14-16-6-2-4-8-19(16)23)21(26)15-10-12-17(13-11-15)29(27,28)24-20-9-5-3-7-18(20)22/h2-13,24H,14H2,1H3. The Balaban J connectivity index is 1.74. The Bertz CT molecular complexity index is 1130. The zero-order valence-corrected chi connectivity index (χ0v) is 17.0. The zero-order valence-electron chi connectivity index (χ0n) is 15.5. The van der Waals surface area contributed by atoms with Crippen molar-refractivity contribution in [3.8, 4) is 0 Å². The molecule has 1 amide bonds. The van der Waals surface area contributed by atoms with Crippen LogP contribution in [0, 0.1) is 5.82 Å². The van der Waals surface area contributed by atoms with Crippen molar-refractivity contribution in [3.05, 3.63) is 94.8 Å². The summed E-state index contributed by atoms with van der Waals surface area (Å²) in [5.41, 5.74) is 0.950. The number of nitrogens with one attached hydrogen (secondary N) is 1. The number of hydrogen-bond donors (Lipinski definition) is 1. The van der Waals surface area contributed by atoms with Gasteiger partial charge in [0.1, 0.15) is 5.82 Å². The highest BCUT2D eigenvalue weighted by molar-refractivity contribution is 7.92. The number of para-hydroxylation sites is 1. The number of carbonyl (C=O) groups excluding carboxylic acids is 1. The average molecular weight is 433 g/mol. The second-order valence-electron chi connectivity index (χ2n) is 6.36. The Labute approximate surface area is 173 Å². The summed E-state index contributed by atoms with van der Waals surface area (Å²) in [5.74, 6) is -0.740. The highest BCUT2D eigenvalue weighted by Gasteiger charge is 2.18. The van der Waals surface area contributed by atoms with Gasteiger partial charge in [-0.2, -0.15) is 0 Å². The van der Waals surface area contributed by atoms with E-state index in [1.54, 1.807) is 49.5 Å². The average Bonchev–Trinajstić information content (AvgIpc) is 2.71. The maximum absolute atomic E-state index is 13.8. The maximum atomic E-state index is 13.8. The molecule has 8 heteroatoms. The molecule has 3 rings (SSSR count). The number of rotatable bonds is 6. The number of nitrogens with zero attached hydrogens (tertiary/aromatic N) is 1. The van der Waals surface area contributed by atoms with E-state index in [4.69, 9.17) is 11.6 Å². The van der Waals surface area contributed by atoms with Gasteiger partial charge in [0, 0.05) is 24.7 Å². The maximum Gasteiger partial charge on any atom is 0.261 e. The van der Waals surface area contributed by atoms with Gasteiger partial charge in [0.25, 0.3) is 15.9 Å². The molecule has 5 nitrogen and oxygen atoms in total. The lowest BCUT2D eigenvalue weighted by Gasteiger charge is -2.18. The van der Waals surface area contributed by atoms with Crippen molar-refractivity contribution in [2.24, 2.45) is 0 Å². The van der Waals surface area contributed by atoms with E-state index in [2.05, 4.69) is 4.72 Å². The monoisotopic (exact) mass is 432 g/mol. The molecular weight excluding hydrogens is 415 g/mol. The lowest BCUT2D eigenvalue weighted by molar-refractivity contribution is 0.0783. The molecule has 0 saturated heterocycles. The highest BCUT2D eigenvalue weighted by Crippen LogP contribution is 2.24. The Morgan fingerprint density at radius 2 is 1.62 bits per heavy atom. The highest BCUT2D eigenvalue weighted by atomic mass is 35.5. The molecule has 0 unspecified atom stereocenters. The molecule has 1 N–H and O–H groups in total. The van der Waals surface area contributed by atoms with Gasteiger partial charge in [-0.1, -0.05) is 41.9 Å². The number of hydrogen-bond acceptors (Lipinski definition) is 3. The first-order valence-electron chi connectivity index (χ1n) is 8.64. The van der Waals surface area contributed by atoms with Crippen LogP contribution in [0.4, 0.5) is 10.1 Å². The summed E-state index contributed by atoms with van der Waals surface area (Å²) < 4.78 is 41.3. The first-order chi connectivity index (χ1) is 13.8.